The van der Waals surface area contributed by atoms with E-state index in [0.717, 1.165) is 18.4 Å². The summed E-state index contributed by atoms with van der Waals surface area (Å²) in [6, 6.07) is 10.6. The van der Waals surface area contributed by atoms with Crippen LogP contribution in [0.5, 0.6) is 0 Å². The van der Waals surface area contributed by atoms with E-state index >= 15 is 0 Å². The van der Waals surface area contributed by atoms with Gasteiger partial charge < -0.3 is 5.32 Å². The van der Waals surface area contributed by atoms with Gasteiger partial charge in [-0.3, -0.25) is 4.79 Å². The Kier molecular flexibility index (Phi) is 4.39. The molecular weight excluding hydrogens is 246 g/mol. The number of carbonyl (C=O) groups excluding carboxylic acids is 1. The zero-order valence-electron chi connectivity index (χ0n) is 12.2. The molecule has 0 spiro atoms. The van der Waals surface area contributed by atoms with Gasteiger partial charge in [-0.2, -0.15) is 0 Å². The van der Waals surface area contributed by atoms with Crippen LogP contribution in [0.2, 0.25) is 0 Å². The van der Waals surface area contributed by atoms with Crippen molar-refractivity contribution in [2.75, 3.05) is 6.54 Å². The number of nitrogens with one attached hydrogen (secondary N) is 1. The van der Waals surface area contributed by atoms with Gasteiger partial charge in [0.2, 0.25) is 5.91 Å². The van der Waals surface area contributed by atoms with Crippen molar-refractivity contribution in [2.24, 2.45) is 11.8 Å². The third-order valence-corrected chi connectivity index (χ3v) is 4.89. The quantitative estimate of drug-likeness (QED) is 0.836. The minimum atomic E-state index is 0.248. The maximum absolute atomic E-state index is 12.2. The van der Waals surface area contributed by atoms with E-state index in [4.69, 9.17) is 0 Å². The minimum absolute atomic E-state index is 0.248. The first-order chi connectivity index (χ1) is 9.83. The fourth-order valence-electron chi connectivity index (χ4n) is 3.50. The summed E-state index contributed by atoms with van der Waals surface area (Å²) < 4.78 is 0. The molecule has 2 saturated carbocycles. The van der Waals surface area contributed by atoms with E-state index in [1.165, 1.54) is 44.1 Å². The third-order valence-electron chi connectivity index (χ3n) is 4.89. The van der Waals surface area contributed by atoms with Crippen LogP contribution in [0.25, 0.3) is 0 Å². The summed E-state index contributed by atoms with van der Waals surface area (Å²) in [4.78, 5) is 12.2. The summed E-state index contributed by atoms with van der Waals surface area (Å²) in [6.45, 7) is 0.894. The lowest BCUT2D eigenvalue weighted by Crippen LogP contribution is -2.29. The van der Waals surface area contributed by atoms with E-state index < -0.39 is 0 Å². The van der Waals surface area contributed by atoms with E-state index in [-0.39, 0.29) is 5.91 Å². The van der Waals surface area contributed by atoms with Crippen LogP contribution in [0, 0.1) is 11.8 Å². The van der Waals surface area contributed by atoms with Crippen molar-refractivity contribution < 1.29 is 4.79 Å². The molecule has 1 aromatic carbocycles. The van der Waals surface area contributed by atoms with E-state index in [0.29, 0.717) is 12.3 Å². The zero-order valence-corrected chi connectivity index (χ0v) is 12.2. The minimum Gasteiger partial charge on any atom is -0.356 e. The fraction of sp³-hybridized carbons (Fsp3) is 0.611. The average molecular weight is 271 g/mol. The Labute approximate surface area is 122 Å². The molecule has 0 aliphatic heterocycles. The molecule has 0 bridgehead atoms. The molecule has 1 N–H and O–H groups in total. The fourth-order valence-corrected chi connectivity index (χ4v) is 3.50. The number of amides is 1. The topological polar surface area (TPSA) is 29.1 Å². The summed E-state index contributed by atoms with van der Waals surface area (Å²) in [7, 11) is 0. The van der Waals surface area contributed by atoms with Gasteiger partial charge >= 0.3 is 0 Å². The molecule has 2 heteroatoms. The van der Waals surface area contributed by atoms with Gasteiger partial charge in [-0.15, -0.1) is 0 Å². The van der Waals surface area contributed by atoms with Crippen molar-refractivity contribution in [2.45, 2.75) is 50.9 Å². The Morgan fingerprint density at radius 2 is 1.80 bits per heavy atom. The first-order valence-corrected chi connectivity index (χ1v) is 8.14. The molecule has 2 aliphatic rings. The predicted molar refractivity (Wildman–Crippen MR) is 81.5 cm³/mol. The highest BCUT2D eigenvalue weighted by Crippen LogP contribution is 2.44. The normalized spacial score (nSPS) is 20.8. The Morgan fingerprint density at radius 3 is 2.45 bits per heavy atom. The molecule has 20 heavy (non-hydrogen) atoms. The van der Waals surface area contributed by atoms with Gasteiger partial charge in [0.05, 0.1) is 0 Å². The molecule has 2 aliphatic carbocycles. The summed E-state index contributed by atoms with van der Waals surface area (Å²) in [5.41, 5.74) is 1.34. The van der Waals surface area contributed by atoms with Gasteiger partial charge in [0.25, 0.3) is 0 Å². The number of hydrogen-bond acceptors (Lipinski definition) is 1. The summed E-state index contributed by atoms with van der Waals surface area (Å²) in [5, 5.41) is 3.17. The Morgan fingerprint density at radius 1 is 1.10 bits per heavy atom. The second kappa shape index (κ2) is 6.43. The number of rotatable bonds is 6. The van der Waals surface area contributed by atoms with Gasteiger partial charge in [0.1, 0.15) is 0 Å². The lowest BCUT2D eigenvalue weighted by Gasteiger charge is -2.17. The smallest absolute Gasteiger partial charge is 0.220 e. The number of carbonyl (C=O) groups is 1. The van der Waals surface area contributed by atoms with Crippen LogP contribution in [-0.4, -0.2) is 12.5 Å². The average Bonchev–Trinajstić information content (AvgIpc) is 3.19. The molecule has 1 atom stereocenters. The highest BCUT2D eigenvalue weighted by atomic mass is 16.1. The molecule has 0 saturated heterocycles. The maximum atomic E-state index is 12.2. The van der Waals surface area contributed by atoms with E-state index in [1.807, 2.05) is 6.07 Å². The van der Waals surface area contributed by atoms with Crippen molar-refractivity contribution in [1.29, 1.82) is 0 Å². The van der Waals surface area contributed by atoms with Crippen LogP contribution in [0.1, 0.15) is 56.4 Å². The van der Waals surface area contributed by atoms with Crippen LogP contribution < -0.4 is 5.32 Å². The molecule has 0 aromatic heterocycles. The van der Waals surface area contributed by atoms with Gasteiger partial charge in [0, 0.05) is 13.0 Å². The van der Waals surface area contributed by atoms with Gasteiger partial charge in [-0.05, 0) is 49.0 Å². The van der Waals surface area contributed by atoms with Crippen molar-refractivity contribution in [3.63, 3.8) is 0 Å². The second-order valence-electron chi connectivity index (χ2n) is 6.51. The van der Waals surface area contributed by atoms with Crippen LogP contribution >= 0.6 is 0 Å². The largest absolute Gasteiger partial charge is 0.356 e. The lowest BCUT2D eigenvalue weighted by molar-refractivity contribution is -0.121. The highest BCUT2D eigenvalue weighted by Gasteiger charge is 2.33. The Hall–Kier alpha value is -1.31. The van der Waals surface area contributed by atoms with Crippen molar-refractivity contribution >= 4 is 5.91 Å². The molecule has 1 aromatic rings. The van der Waals surface area contributed by atoms with Crippen LogP contribution in [0.4, 0.5) is 0 Å². The van der Waals surface area contributed by atoms with Crippen LogP contribution in [0.15, 0.2) is 30.3 Å². The Balaban J connectivity index is 1.52. The van der Waals surface area contributed by atoms with E-state index in [9.17, 15) is 4.79 Å². The molecule has 2 fully saturated rings. The lowest BCUT2D eigenvalue weighted by atomic mass is 9.90. The number of benzene rings is 1. The maximum Gasteiger partial charge on any atom is 0.220 e. The third kappa shape index (κ3) is 3.62. The standard InChI is InChI=1S/C18H25NO/c20-18(19-13-14-6-4-5-7-14)12-17(16-10-11-16)15-8-2-1-3-9-15/h1-3,8-9,14,16-17H,4-7,10-13H2,(H,19,20). The number of hydrogen-bond donors (Lipinski definition) is 1. The molecule has 1 amide bonds. The molecule has 0 heterocycles. The molecular formula is C18H25NO. The Bertz CT molecular complexity index is 432. The zero-order chi connectivity index (χ0) is 13.8. The summed E-state index contributed by atoms with van der Waals surface area (Å²) in [6.07, 6.45) is 8.52. The van der Waals surface area contributed by atoms with Crippen molar-refractivity contribution in [1.82, 2.24) is 5.32 Å². The molecule has 3 rings (SSSR count). The van der Waals surface area contributed by atoms with E-state index in [2.05, 4.69) is 29.6 Å². The molecule has 1 unspecified atom stereocenters. The van der Waals surface area contributed by atoms with Gasteiger partial charge in [0.15, 0.2) is 0 Å². The first-order valence-electron chi connectivity index (χ1n) is 8.14. The highest BCUT2D eigenvalue weighted by molar-refractivity contribution is 5.77. The van der Waals surface area contributed by atoms with Crippen molar-refractivity contribution in [3.05, 3.63) is 35.9 Å². The predicted octanol–water partition coefficient (Wildman–Crippen LogP) is 3.88. The van der Waals surface area contributed by atoms with Gasteiger partial charge in [-0.1, -0.05) is 43.2 Å². The van der Waals surface area contributed by atoms with Crippen LogP contribution in [0.3, 0.4) is 0 Å². The van der Waals surface area contributed by atoms with E-state index in [1.54, 1.807) is 0 Å². The molecule has 0 radical (unpaired) electrons. The molecule has 108 valence electrons. The van der Waals surface area contributed by atoms with Crippen molar-refractivity contribution in [3.8, 4) is 0 Å². The second-order valence-corrected chi connectivity index (χ2v) is 6.51. The van der Waals surface area contributed by atoms with Gasteiger partial charge in [-0.25, -0.2) is 0 Å². The summed E-state index contributed by atoms with van der Waals surface area (Å²) in [5.74, 6) is 2.14. The summed E-state index contributed by atoms with van der Waals surface area (Å²) >= 11 is 0. The molecule has 2 nitrogen and oxygen atoms in total. The van der Waals surface area contributed by atoms with Crippen LogP contribution in [-0.2, 0) is 4.79 Å². The first kappa shape index (κ1) is 13.7. The monoisotopic (exact) mass is 271 g/mol. The SMILES string of the molecule is O=C(CC(c1ccccc1)C1CC1)NCC1CCCC1.